The zero-order chi connectivity index (χ0) is 20.4. The van der Waals surface area contributed by atoms with Crippen molar-refractivity contribution in [3.63, 3.8) is 0 Å². The van der Waals surface area contributed by atoms with Gasteiger partial charge in [0.15, 0.2) is 0 Å². The molecule has 8 heteroatoms. The molecule has 0 aliphatic carbocycles. The monoisotopic (exact) mass is 391 g/mol. The van der Waals surface area contributed by atoms with Gasteiger partial charge in [-0.05, 0) is 17.7 Å². The highest BCUT2D eigenvalue weighted by Crippen LogP contribution is 2.16. The molecule has 3 aromatic rings. The number of hydrogen-bond donors (Lipinski definition) is 3. The summed E-state index contributed by atoms with van der Waals surface area (Å²) in [5, 5.41) is 8.31. The van der Waals surface area contributed by atoms with Gasteiger partial charge in [-0.3, -0.25) is 14.4 Å². The van der Waals surface area contributed by atoms with E-state index in [1.54, 1.807) is 54.6 Å². The molecule has 29 heavy (non-hydrogen) atoms. The smallest absolute Gasteiger partial charge is 0.349 e. The fraction of sp³-hybridized carbons (Fsp3) is 0.143. The second kappa shape index (κ2) is 7.59. The van der Waals surface area contributed by atoms with Crippen molar-refractivity contribution in [3.8, 4) is 0 Å². The van der Waals surface area contributed by atoms with Crippen LogP contribution in [0.25, 0.3) is 11.0 Å². The Hall–Kier alpha value is -3.94. The number of carbonyl (C=O) groups excluding carboxylic acids is 3. The number of β-lactam (4-membered cyclic amide) rings is 1. The molecule has 0 bridgehead atoms. The Labute approximate surface area is 164 Å². The second-order valence-electron chi connectivity index (χ2n) is 6.61. The van der Waals surface area contributed by atoms with Crippen molar-refractivity contribution in [1.29, 1.82) is 0 Å². The maximum Gasteiger partial charge on any atom is 0.349 e. The quantitative estimate of drug-likeness (QED) is 0.441. The van der Waals surface area contributed by atoms with E-state index in [-0.39, 0.29) is 11.5 Å². The second-order valence-corrected chi connectivity index (χ2v) is 6.61. The van der Waals surface area contributed by atoms with E-state index in [1.165, 1.54) is 6.07 Å². The van der Waals surface area contributed by atoms with Crippen LogP contribution in [-0.4, -0.2) is 30.3 Å². The molecule has 8 nitrogen and oxygen atoms in total. The molecule has 0 spiro atoms. The maximum atomic E-state index is 12.8. The summed E-state index contributed by atoms with van der Waals surface area (Å²) in [6, 6.07) is 15.1. The molecule has 0 radical (unpaired) electrons. The Kier molecular flexibility index (Phi) is 4.82. The van der Waals surface area contributed by atoms with Crippen molar-refractivity contribution >= 4 is 28.7 Å². The van der Waals surface area contributed by atoms with Gasteiger partial charge in [-0.15, -0.1) is 0 Å². The lowest BCUT2D eigenvalue weighted by atomic mass is 10.0. The van der Waals surface area contributed by atoms with Crippen LogP contribution in [0.4, 0.5) is 0 Å². The first kappa shape index (κ1) is 18.4. The summed E-state index contributed by atoms with van der Waals surface area (Å²) in [5.74, 6) is -1.58. The van der Waals surface area contributed by atoms with Crippen LogP contribution in [-0.2, 0) is 9.59 Å². The molecule has 1 saturated heterocycles. The molecular formula is C21H17N3O5. The third-order valence-corrected chi connectivity index (χ3v) is 4.67. The summed E-state index contributed by atoms with van der Waals surface area (Å²) < 4.78 is 5.20. The van der Waals surface area contributed by atoms with Gasteiger partial charge in [0.2, 0.25) is 11.8 Å². The highest BCUT2D eigenvalue weighted by Gasteiger charge is 2.33. The van der Waals surface area contributed by atoms with Crippen molar-refractivity contribution in [1.82, 2.24) is 16.0 Å². The van der Waals surface area contributed by atoms with E-state index in [0.717, 1.165) is 0 Å². The summed E-state index contributed by atoms with van der Waals surface area (Å²) in [6.45, 7) is 0.328. The Bertz CT molecular complexity index is 1160. The summed E-state index contributed by atoms with van der Waals surface area (Å²) in [5.41, 5.74) is -0.128. The standard InChI is InChI=1S/C21H17N3O5/c25-18(14-10-13-8-4-5-9-16(13)29-21(14)28)24-17(12-6-2-1-3-7-12)20(27)23-15-11-22-19(15)26/h1-10,15,17H,11H2,(H,22,26)(H,23,27)(H,24,25)/t15?,17-/m1/s1. The van der Waals surface area contributed by atoms with Crippen LogP contribution in [0.3, 0.4) is 0 Å². The number of benzene rings is 2. The van der Waals surface area contributed by atoms with Crippen LogP contribution in [0.15, 0.2) is 69.9 Å². The number of para-hydroxylation sites is 1. The normalized spacial score (nSPS) is 16.4. The Balaban J connectivity index is 1.62. The Morgan fingerprint density at radius 1 is 1.03 bits per heavy atom. The van der Waals surface area contributed by atoms with Gasteiger partial charge in [0.05, 0.1) is 0 Å². The van der Waals surface area contributed by atoms with Gasteiger partial charge in [0.25, 0.3) is 5.91 Å². The molecule has 2 atom stereocenters. The Morgan fingerprint density at radius 3 is 2.45 bits per heavy atom. The molecule has 2 heterocycles. The fourth-order valence-corrected chi connectivity index (χ4v) is 3.03. The maximum absolute atomic E-state index is 12.8. The van der Waals surface area contributed by atoms with Crippen molar-refractivity contribution in [2.45, 2.75) is 12.1 Å². The molecule has 3 amide bonds. The summed E-state index contributed by atoms with van der Waals surface area (Å²) in [4.78, 5) is 49.3. The fourth-order valence-electron chi connectivity index (χ4n) is 3.03. The zero-order valence-corrected chi connectivity index (χ0v) is 15.2. The molecule has 1 aliphatic rings. The van der Waals surface area contributed by atoms with Gasteiger partial charge < -0.3 is 20.4 Å². The first-order valence-corrected chi connectivity index (χ1v) is 9.00. The van der Waals surface area contributed by atoms with Crippen LogP contribution >= 0.6 is 0 Å². The van der Waals surface area contributed by atoms with Crippen LogP contribution in [0.2, 0.25) is 0 Å². The number of hydrogen-bond acceptors (Lipinski definition) is 5. The largest absolute Gasteiger partial charge is 0.422 e. The summed E-state index contributed by atoms with van der Waals surface area (Å²) in [7, 11) is 0. The van der Waals surface area contributed by atoms with E-state index in [4.69, 9.17) is 4.42 Å². The average molecular weight is 391 g/mol. The number of rotatable bonds is 5. The summed E-state index contributed by atoms with van der Waals surface area (Å²) >= 11 is 0. The molecule has 2 aromatic carbocycles. The van der Waals surface area contributed by atoms with E-state index in [1.807, 2.05) is 0 Å². The number of amides is 3. The first-order chi connectivity index (χ1) is 14.0. The predicted molar refractivity (Wildman–Crippen MR) is 104 cm³/mol. The van der Waals surface area contributed by atoms with Crippen molar-refractivity contribution in [2.24, 2.45) is 0 Å². The van der Waals surface area contributed by atoms with Gasteiger partial charge in [0, 0.05) is 11.9 Å². The zero-order valence-electron chi connectivity index (χ0n) is 15.2. The molecule has 3 N–H and O–H groups in total. The average Bonchev–Trinajstić information content (AvgIpc) is 2.74. The lowest BCUT2D eigenvalue weighted by molar-refractivity contribution is -0.134. The Morgan fingerprint density at radius 2 is 1.76 bits per heavy atom. The van der Waals surface area contributed by atoms with Gasteiger partial charge in [0.1, 0.15) is 23.2 Å². The van der Waals surface area contributed by atoms with Crippen molar-refractivity contribution in [3.05, 3.63) is 82.2 Å². The number of nitrogens with one attached hydrogen (secondary N) is 3. The SMILES string of the molecule is O=C(N[C@@H](C(=O)NC1CNC1=O)c1ccccc1)c1cc2ccccc2oc1=O. The van der Waals surface area contributed by atoms with E-state index < -0.39 is 29.5 Å². The molecule has 0 saturated carbocycles. The molecule has 4 rings (SSSR count). The minimum atomic E-state index is -1.08. The molecule has 1 fully saturated rings. The van der Waals surface area contributed by atoms with Crippen molar-refractivity contribution < 1.29 is 18.8 Å². The topological polar surface area (TPSA) is 118 Å². The molecule has 1 aliphatic heterocycles. The van der Waals surface area contributed by atoms with E-state index in [9.17, 15) is 19.2 Å². The molecular weight excluding hydrogens is 374 g/mol. The lowest BCUT2D eigenvalue weighted by Crippen LogP contribution is -2.63. The molecule has 1 unspecified atom stereocenters. The number of fused-ring (bicyclic) bond motifs is 1. The van der Waals surface area contributed by atoms with Crippen LogP contribution in [0.1, 0.15) is 22.0 Å². The lowest BCUT2D eigenvalue weighted by Gasteiger charge is -2.29. The minimum absolute atomic E-state index is 0.209. The first-order valence-electron chi connectivity index (χ1n) is 9.00. The highest BCUT2D eigenvalue weighted by atomic mass is 16.4. The van der Waals surface area contributed by atoms with Gasteiger partial charge >= 0.3 is 5.63 Å². The van der Waals surface area contributed by atoms with Crippen LogP contribution in [0.5, 0.6) is 0 Å². The minimum Gasteiger partial charge on any atom is -0.422 e. The van der Waals surface area contributed by atoms with Crippen LogP contribution < -0.4 is 21.6 Å². The van der Waals surface area contributed by atoms with E-state index in [0.29, 0.717) is 23.1 Å². The van der Waals surface area contributed by atoms with Gasteiger partial charge in [-0.1, -0.05) is 48.5 Å². The van der Waals surface area contributed by atoms with E-state index >= 15 is 0 Å². The number of carbonyl (C=O) groups is 3. The third-order valence-electron chi connectivity index (χ3n) is 4.67. The van der Waals surface area contributed by atoms with Crippen molar-refractivity contribution in [2.75, 3.05) is 6.54 Å². The highest BCUT2D eigenvalue weighted by molar-refractivity contribution is 6.00. The predicted octanol–water partition coefficient (Wildman–Crippen LogP) is 0.879. The third kappa shape index (κ3) is 3.73. The van der Waals surface area contributed by atoms with Gasteiger partial charge in [-0.25, -0.2) is 4.79 Å². The molecule has 146 valence electrons. The molecule has 1 aromatic heterocycles. The van der Waals surface area contributed by atoms with Crippen LogP contribution in [0, 0.1) is 0 Å². The summed E-state index contributed by atoms with van der Waals surface area (Å²) in [6.07, 6.45) is 0. The van der Waals surface area contributed by atoms with E-state index in [2.05, 4.69) is 16.0 Å². The van der Waals surface area contributed by atoms with Gasteiger partial charge in [-0.2, -0.15) is 0 Å².